The predicted molar refractivity (Wildman–Crippen MR) is 149 cm³/mol. The number of nitrogens with zero attached hydrogens (tertiary/aromatic N) is 3. The summed E-state index contributed by atoms with van der Waals surface area (Å²) < 4.78 is 18.1. The molecule has 2 aliphatic heterocycles. The van der Waals surface area contributed by atoms with Crippen molar-refractivity contribution < 1.29 is 23.8 Å². The third-order valence-electron chi connectivity index (χ3n) is 6.55. The lowest BCUT2D eigenvalue weighted by Crippen LogP contribution is -2.30. The Morgan fingerprint density at radius 2 is 1.84 bits per heavy atom. The lowest BCUT2D eigenvalue weighted by atomic mass is 10.1. The number of carbonyl (C=O) groups is 2. The van der Waals surface area contributed by atoms with E-state index in [0.717, 1.165) is 22.5 Å². The highest BCUT2D eigenvalue weighted by atomic mass is 32.2. The highest BCUT2D eigenvalue weighted by molar-refractivity contribution is 8.14. The number of benzene rings is 2. The molecular weight excluding hydrogens is 502 g/mol. The Bertz CT molecular complexity index is 1460. The van der Waals surface area contributed by atoms with E-state index in [0.29, 0.717) is 41.1 Å². The number of fused-ring (bicyclic) bond motifs is 1. The molecule has 1 aromatic heterocycles. The second kappa shape index (κ2) is 10.9. The molecule has 0 fully saturated rings. The van der Waals surface area contributed by atoms with Crippen LogP contribution >= 0.6 is 11.8 Å². The summed E-state index contributed by atoms with van der Waals surface area (Å²) in [5.41, 5.74) is 5.44. The molecule has 0 unspecified atom stereocenters. The first-order valence-corrected chi connectivity index (χ1v) is 13.3. The van der Waals surface area contributed by atoms with Gasteiger partial charge in [0.25, 0.3) is 5.91 Å². The summed E-state index contributed by atoms with van der Waals surface area (Å²) in [7, 11) is 1.66. The molecule has 3 heterocycles. The van der Waals surface area contributed by atoms with E-state index in [9.17, 15) is 9.59 Å². The first-order valence-electron chi connectivity index (χ1n) is 12.3. The smallest absolute Gasteiger partial charge is 0.283 e. The highest BCUT2D eigenvalue weighted by Crippen LogP contribution is 2.35. The fourth-order valence-electron chi connectivity index (χ4n) is 4.49. The van der Waals surface area contributed by atoms with Gasteiger partial charge >= 0.3 is 0 Å². The van der Waals surface area contributed by atoms with Crippen LogP contribution in [0.15, 0.2) is 59.2 Å². The number of aryl methyl sites for hydroxylation is 2. The standard InChI is InChI=1S/C29H29N3O5S/c1-18-5-8-22(9-6-18)32-28(34)24(14-21-7-10-26-27(15-21)37-17-36-26)30-29(32)38-16-25(33)23-13-19(2)31(20(23)3)11-12-35-4/h5-10,13-15H,11-12,16-17H2,1-4H3. The van der Waals surface area contributed by atoms with Crippen molar-refractivity contribution in [2.75, 3.05) is 31.2 Å². The molecule has 8 nitrogen and oxygen atoms in total. The van der Waals surface area contributed by atoms with Gasteiger partial charge in [0, 0.05) is 30.6 Å². The number of hydrogen-bond acceptors (Lipinski definition) is 7. The van der Waals surface area contributed by atoms with Crippen molar-refractivity contribution in [2.45, 2.75) is 27.3 Å². The van der Waals surface area contributed by atoms with Gasteiger partial charge in [-0.2, -0.15) is 0 Å². The number of aliphatic imine (C=N–C) groups is 1. The third-order valence-corrected chi connectivity index (χ3v) is 7.49. The van der Waals surface area contributed by atoms with Crippen molar-refractivity contribution in [3.8, 4) is 11.5 Å². The normalized spacial score (nSPS) is 15.5. The van der Waals surface area contributed by atoms with Crippen LogP contribution in [-0.4, -0.2) is 47.7 Å². The average Bonchev–Trinajstić information content (AvgIpc) is 3.58. The summed E-state index contributed by atoms with van der Waals surface area (Å²) in [4.78, 5) is 33.0. The molecule has 38 heavy (non-hydrogen) atoms. The third kappa shape index (κ3) is 5.12. The molecule has 0 saturated heterocycles. The number of ketones is 1. The zero-order chi connectivity index (χ0) is 26.8. The SMILES string of the molecule is COCCn1c(C)cc(C(=O)CSC2=NC(=Cc3ccc4c(c3)OCO4)C(=O)N2c2ccc(C)cc2)c1C. The average molecular weight is 532 g/mol. The molecule has 3 aromatic rings. The number of rotatable bonds is 8. The van der Waals surface area contributed by atoms with Gasteiger partial charge in [-0.25, -0.2) is 4.99 Å². The fraction of sp³-hybridized carbons (Fsp3) is 0.276. The molecule has 2 aliphatic rings. The summed E-state index contributed by atoms with van der Waals surface area (Å²) in [5.74, 6) is 1.19. The van der Waals surface area contributed by atoms with E-state index in [1.54, 1.807) is 18.1 Å². The summed E-state index contributed by atoms with van der Waals surface area (Å²) >= 11 is 1.26. The van der Waals surface area contributed by atoms with Crippen LogP contribution in [0.3, 0.4) is 0 Å². The van der Waals surface area contributed by atoms with E-state index >= 15 is 0 Å². The van der Waals surface area contributed by atoms with Crippen molar-refractivity contribution in [1.29, 1.82) is 0 Å². The highest BCUT2D eigenvalue weighted by Gasteiger charge is 2.33. The number of thioether (sulfide) groups is 1. The van der Waals surface area contributed by atoms with E-state index < -0.39 is 0 Å². The lowest BCUT2D eigenvalue weighted by molar-refractivity contribution is -0.113. The van der Waals surface area contributed by atoms with Crippen LogP contribution in [0.25, 0.3) is 6.08 Å². The molecule has 0 spiro atoms. The Labute approximate surface area is 225 Å². The maximum Gasteiger partial charge on any atom is 0.283 e. The van der Waals surface area contributed by atoms with Crippen LogP contribution in [-0.2, 0) is 16.1 Å². The molecule has 0 bridgehead atoms. The number of aromatic nitrogens is 1. The molecule has 0 saturated carbocycles. The Balaban J connectivity index is 1.41. The Kier molecular flexibility index (Phi) is 7.40. The predicted octanol–water partition coefficient (Wildman–Crippen LogP) is 5.15. The fourth-order valence-corrected chi connectivity index (χ4v) is 5.39. The van der Waals surface area contributed by atoms with E-state index in [1.807, 2.05) is 69.3 Å². The lowest BCUT2D eigenvalue weighted by Gasteiger charge is -2.18. The van der Waals surface area contributed by atoms with Crippen LogP contribution in [0.2, 0.25) is 0 Å². The Morgan fingerprint density at radius 3 is 2.61 bits per heavy atom. The number of anilines is 1. The zero-order valence-electron chi connectivity index (χ0n) is 21.8. The van der Waals surface area contributed by atoms with Crippen LogP contribution in [0.5, 0.6) is 11.5 Å². The largest absolute Gasteiger partial charge is 0.454 e. The van der Waals surface area contributed by atoms with Gasteiger partial charge in [0.2, 0.25) is 6.79 Å². The minimum absolute atomic E-state index is 0.0148. The molecule has 0 aliphatic carbocycles. The maximum atomic E-state index is 13.5. The minimum Gasteiger partial charge on any atom is -0.454 e. The van der Waals surface area contributed by atoms with Gasteiger partial charge in [-0.05, 0) is 62.7 Å². The Morgan fingerprint density at radius 1 is 1.08 bits per heavy atom. The molecule has 0 radical (unpaired) electrons. The molecule has 2 aromatic carbocycles. The number of methoxy groups -OCH3 is 1. The van der Waals surface area contributed by atoms with Gasteiger partial charge in [-0.3, -0.25) is 14.5 Å². The van der Waals surface area contributed by atoms with Crippen molar-refractivity contribution in [3.05, 3.63) is 82.3 Å². The molecule has 5 rings (SSSR count). The van der Waals surface area contributed by atoms with Gasteiger partial charge in [-0.15, -0.1) is 0 Å². The number of hydrogen-bond donors (Lipinski definition) is 0. The maximum absolute atomic E-state index is 13.5. The number of Topliss-reactive ketones (excluding diaryl/α,β-unsaturated/α-hetero) is 1. The second-order valence-corrected chi connectivity index (χ2v) is 10.1. The molecule has 196 valence electrons. The zero-order valence-corrected chi connectivity index (χ0v) is 22.6. The number of carbonyl (C=O) groups excluding carboxylic acids is 2. The minimum atomic E-state index is -0.251. The molecule has 1 amide bonds. The van der Waals surface area contributed by atoms with Crippen molar-refractivity contribution >= 4 is 40.4 Å². The van der Waals surface area contributed by atoms with Crippen molar-refractivity contribution in [1.82, 2.24) is 4.57 Å². The summed E-state index contributed by atoms with van der Waals surface area (Å²) in [6.07, 6.45) is 1.73. The summed E-state index contributed by atoms with van der Waals surface area (Å²) in [5, 5.41) is 0.465. The Hall–Kier alpha value is -3.82. The van der Waals surface area contributed by atoms with Crippen LogP contribution in [0.1, 0.15) is 32.9 Å². The number of ether oxygens (including phenoxy) is 3. The van der Waals surface area contributed by atoms with E-state index in [1.165, 1.54) is 11.8 Å². The van der Waals surface area contributed by atoms with Gasteiger partial charge < -0.3 is 18.8 Å². The van der Waals surface area contributed by atoms with Gasteiger partial charge in [0.1, 0.15) is 5.70 Å². The summed E-state index contributed by atoms with van der Waals surface area (Å²) in [6, 6.07) is 15.1. The second-order valence-electron chi connectivity index (χ2n) is 9.15. The molecule has 9 heteroatoms. The van der Waals surface area contributed by atoms with Gasteiger partial charge in [0.15, 0.2) is 22.4 Å². The van der Waals surface area contributed by atoms with E-state index in [-0.39, 0.29) is 29.9 Å². The van der Waals surface area contributed by atoms with Gasteiger partial charge in [0.05, 0.1) is 18.0 Å². The van der Waals surface area contributed by atoms with Crippen LogP contribution in [0, 0.1) is 20.8 Å². The first-order chi connectivity index (χ1) is 18.4. The molecule has 0 N–H and O–H groups in total. The van der Waals surface area contributed by atoms with E-state index in [4.69, 9.17) is 14.2 Å². The monoisotopic (exact) mass is 531 g/mol. The van der Waals surface area contributed by atoms with Crippen LogP contribution < -0.4 is 14.4 Å². The van der Waals surface area contributed by atoms with E-state index in [2.05, 4.69) is 9.56 Å². The topological polar surface area (TPSA) is 82.4 Å². The first kappa shape index (κ1) is 25.8. The van der Waals surface area contributed by atoms with Crippen LogP contribution in [0.4, 0.5) is 5.69 Å². The molecule has 0 atom stereocenters. The molecular formula is C29H29N3O5S. The quantitative estimate of drug-likeness (QED) is 0.295. The van der Waals surface area contributed by atoms with Crippen molar-refractivity contribution in [2.24, 2.45) is 4.99 Å². The number of amidine groups is 1. The van der Waals surface area contributed by atoms with Crippen molar-refractivity contribution in [3.63, 3.8) is 0 Å². The number of amides is 1. The summed E-state index contributed by atoms with van der Waals surface area (Å²) in [6.45, 7) is 7.36. The van der Waals surface area contributed by atoms with Gasteiger partial charge in [-0.1, -0.05) is 35.5 Å².